The number of nitrogens with zero attached hydrogens (tertiary/aromatic N) is 1. The van der Waals surface area contributed by atoms with Gasteiger partial charge < -0.3 is 5.73 Å². The Bertz CT molecular complexity index is 615. The molecule has 1 aliphatic heterocycles. The molecule has 104 valence electrons. The first-order valence-corrected chi connectivity index (χ1v) is 8.14. The molecule has 5 nitrogen and oxygen atoms in total. The Balaban J connectivity index is 2.45. The van der Waals surface area contributed by atoms with Gasteiger partial charge in [0.2, 0.25) is 15.9 Å². The summed E-state index contributed by atoms with van der Waals surface area (Å²) in [5.74, 6) is -0.593. The molecule has 1 heterocycles. The minimum Gasteiger partial charge on any atom is -0.368 e. The normalized spacial score (nSPS) is 20.6. The number of hydrogen-bond donors (Lipinski definition) is 1. The molecule has 2 N–H and O–H groups in total. The van der Waals surface area contributed by atoms with E-state index in [1.54, 1.807) is 18.2 Å². The summed E-state index contributed by atoms with van der Waals surface area (Å²) in [4.78, 5) is 11.5. The minimum absolute atomic E-state index is 0.172. The Hall–Kier alpha value is -0.920. The topological polar surface area (TPSA) is 80.5 Å². The summed E-state index contributed by atoms with van der Waals surface area (Å²) < 4.78 is 26.8. The SMILES string of the molecule is Cc1ccc(S(=O)(=O)N2CCCC2C(N)=O)c(Br)c1. The van der Waals surface area contributed by atoms with Gasteiger partial charge in [-0.3, -0.25) is 4.79 Å². The van der Waals surface area contributed by atoms with E-state index in [0.29, 0.717) is 23.9 Å². The summed E-state index contributed by atoms with van der Waals surface area (Å²) in [5.41, 5.74) is 6.23. The predicted molar refractivity (Wildman–Crippen MR) is 75.0 cm³/mol. The zero-order valence-corrected chi connectivity index (χ0v) is 12.9. The van der Waals surface area contributed by atoms with Crippen molar-refractivity contribution in [2.75, 3.05) is 6.54 Å². The molecule has 0 radical (unpaired) electrons. The van der Waals surface area contributed by atoms with E-state index in [4.69, 9.17) is 5.73 Å². The summed E-state index contributed by atoms with van der Waals surface area (Å²) in [6.45, 7) is 2.21. The van der Waals surface area contributed by atoms with Gasteiger partial charge in [0.15, 0.2) is 0 Å². The van der Waals surface area contributed by atoms with Crippen molar-refractivity contribution in [3.8, 4) is 0 Å². The predicted octanol–water partition coefficient (Wildman–Crippen LogP) is 1.40. The average molecular weight is 347 g/mol. The van der Waals surface area contributed by atoms with Gasteiger partial charge in [0.1, 0.15) is 6.04 Å². The molecule has 1 amide bonds. The highest BCUT2D eigenvalue weighted by Gasteiger charge is 2.39. The third-order valence-electron chi connectivity index (χ3n) is 3.21. The fourth-order valence-electron chi connectivity index (χ4n) is 2.25. The number of carbonyl (C=O) groups excluding carboxylic acids is 1. The average Bonchev–Trinajstić information content (AvgIpc) is 2.77. The fraction of sp³-hybridized carbons (Fsp3) is 0.417. The van der Waals surface area contributed by atoms with Crippen molar-refractivity contribution >= 4 is 31.9 Å². The summed E-state index contributed by atoms with van der Waals surface area (Å²) in [6.07, 6.45) is 1.13. The molecule has 1 aromatic carbocycles. The van der Waals surface area contributed by atoms with E-state index in [2.05, 4.69) is 15.9 Å². The molecule has 1 unspecified atom stereocenters. The number of sulfonamides is 1. The smallest absolute Gasteiger partial charge is 0.244 e. The molecule has 19 heavy (non-hydrogen) atoms. The minimum atomic E-state index is -3.69. The number of aryl methyl sites for hydroxylation is 1. The lowest BCUT2D eigenvalue weighted by Gasteiger charge is -2.22. The van der Waals surface area contributed by atoms with Crippen LogP contribution in [0.1, 0.15) is 18.4 Å². The second kappa shape index (κ2) is 5.22. The lowest BCUT2D eigenvalue weighted by Crippen LogP contribution is -2.43. The fourth-order valence-corrected chi connectivity index (χ4v) is 5.07. The molecule has 0 bridgehead atoms. The van der Waals surface area contributed by atoms with Crippen molar-refractivity contribution in [1.82, 2.24) is 4.31 Å². The second-order valence-corrected chi connectivity index (χ2v) is 7.32. The van der Waals surface area contributed by atoms with Crippen LogP contribution >= 0.6 is 15.9 Å². The van der Waals surface area contributed by atoms with Gasteiger partial charge in [-0.25, -0.2) is 8.42 Å². The molecule has 0 aliphatic carbocycles. The van der Waals surface area contributed by atoms with Crippen LogP contribution in [0.2, 0.25) is 0 Å². The molecular weight excluding hydrogens is 332 g/mol. The van der Waals surface area contributed by atoms with Crippen molar-refractivity contribution < 1.29 is 13.2 Å². The molecule has 2 rings (SSSR count). The number of amides is 1. The lowest BCUT2D eigenvalue weighted by atomic mass is 10.2. The van der Waals surface area contributed by atoms with E-state index in [1.165, 1.54) is 4.31 Å². The van der Waals surface area contributed by atoms with Crippen LogP contribution in [-0.2, 0) is 14.8 Å². The van der Waals surface area contributed by atoms with E-state index in [0.717, 1.165) is 5.56 Å². The number of benzene rings is 1. The molecule has 0 aromatic heterocycles. The van der Waals surface area contributed by atoms with Gasteiger partial charge in [-0.05, 0) is 53.4 Å². The highest BCUT2D eigenvalue weighted by Crippen LogP contribution is 2.30. The van der Waals surface area contributed by atoms with Gasteiger partial charge in [-0.2, -0.15) is 4.31 Å². The standard InChI is InChI=1S/C12H15BrN2O3S/c1-8-4-5-11(9(13)7-8)19(17,18)15-6-2-3-10(15)12(14)16/h4-5,7,10H,2-3,6H2,1H3,(H2,14,16). The van der Waals surface area contributed by atoms with Crippen molar-refractivity contribution in [2.24, 2.45) is 5.73 Å². The first-order valence-electron chi connectivity index (χ1n) is 5.91. The van der Waals surface area contributed by atoms with Gasteiger partial charge in [-0.1, -0.05) is 6.07 Å². The van der Waals surface area contributed by atoms with Crippen molar-refractivity contribution in [2.45, 2.75) is 30.7 Å². The van der Waals surface area contributed by atoms with E-state index < -0.39 is 22.0 Å². The maximum absolute atomic E-state index is 12.6. The van der Waals surface area contributed by atoms with Crippen LogP contribution in [0.5, 0.6) is 0 Å². The Morgan fingerprint density at radius 1 is 1.47 bits per heavy atom. The molecule has 1 atom stereocenters. The largest absolute Gasteiger partial charge is 0.368 e. The molecule has 0 saturated carbocycles. The van der Waals surface area contributed by atoms with Crippen LogP contribution in [0.3, 0.4) is 0 Å². The highest BCUT2D eigenvalue weighted by atomic mass is 79.9. The Morgan fingerprint density at radius 3 is 2.74 bits per heavy atom. The van der Waals surface area contributed by atoms with Gasteiger partial charge in [0.25, 0.3) is 0 Å². The number of primary amides is 1. The zero-order chi connectivity index (χ0) is 14.2. The highest BCUT2D eigenvalue weighted by molar-refractivity contribution is 9.10. The third kappa shape index (κ3) is 2.68. The Morgan fingerprint density at radius 2 is 2.16 bits per heavy atom. The molecule has 1 aromatic rings. The first-order chi connectivity index (χ1) is 8.84. The van der Waals surface area contributed by atoms with Crippen LogP contribution in [0.25, 0.3) is 0 Å². The molecule has 7 heteroatoms. The number of carbonyl (C=O) groups is 1. The monoisotopic (exact) mass is 346 g/mol. The van der Waals surface area contributed by atoms with E-state index in [1.807, 2.05) is 6.92 Å². The second-order valence-electron chi connectivity index (χ2n) is 4.61. The summed E-state index contributed by atoms with van der Waals surface area (Å²) in [5, 5.41) is 0. The van der Waals surface area contributed by atoms with Crippen LogP contribution in [0.4, 0.5) is 0 Å². The third-order valence-corrected chi connectivity index (χ3v) is 6.09. The quantitative estimate of drug-likeness (QED) is 0.897. The summed E-state index contributed by atoms with van der Waals surface area (Å²) >= 11 is 3.26. The molecule has 1 saturated heterocycles. The van der Waals surface area contributed by atoms with Gasteiger partial charge in [0, 0.05) is 11.0 Å². The van der Waals surface area contributed by atoms with Crippen molar-refractivity contribution in [1.29, 1.82) is 0 Å². The van der Waals surface area contributed by atoms with Crippen molar-refractivity contribution in [3.05, 3.63) is 28.2 Å². The van der Waals surface area contributed by atoms with Gasteiger partial charge in [0.05, 0.1) is 4.90 Å². The Labute approximate surface area is 121 Å². The van der Waals surface area contributed by atoms with E-state index in [9.17, 15) is 13.2 Å². The number of hydrogen-bond acceptors (Lipinski definition) is 3. The van der Waals surface area contributed by atoms with Crippen LogP contribution in [-0.4, -0.2) is 31.2 Å². The van der Waals surface area contributed by atoms with Crippen molar-refractivity contribution in [3.63, 3.8) is 0 Å². The molecule has 1 fully saturated rings. The number of nitrogens with two attached hydrogens (primary N) is 1. The molecule has 1 aliphatic rings. The Kier molecular flexibility index (Phi) is 3.98. The van der Waals surface area contributed by atoms with Crippen LogP contribution in [0.15, 0.2) is 27.6 Å². The van der Waals surface area contributed by atoms with Crippen LogP contribution in [0, 0.1) is 6.92 Å². The first kappa shape index (κ1) is 14.5. The molecule has 0 spiro atoms. The number of halogens is 1. The van der Waals surface area contributed by atoms with Crippen LogP contribution < -0.4 is 5.73 Å². The lowest BCUT2D eigenvalue weighted by molar-refractivity contribution is -0.121. The van der Waals surface area contributed by atoms with Gasteiger partial charge in [-0.15, -0.1) is 0 Å². The summed E-state index contributed by atoms with van der Waals surface area (Å²) in [6, 6.07) is 4.28. The maximum atomic E-state index is 12.6. The molecular formula is C12H15BrN2O3S. The van der Waals surface area contributed by atoms with E-state index >= 15 is 0 Å². The van der Waals surface area contributed by atoms with E-state index in [-0.39, 0.29) is 4.90 Å². The zero-order valence-electron chi connectivity index (χ0n) is 10.5. The summed E-state index contributed by atoms with van der Waals surface area (Å²) in [7, 11) is -3.69. The maximum Gasteiger partial charge on any atom is 0.244 e. The van der Waals surface area contributed by atoms with Gasteiger partial charge >= 0.3 is 0 Å². The number of rotatable bonds is 3.